The monoisotopic (exact) mass is 409 g/mol. The van der Waals surface area contributed by atoms with Gasteiger partial charge in [-0.05, 0) is 68.8 Å². The third-order valence-electron chi connectivity index (χ3n) is 3.47. The minimum Gasteiger partial charge on any atom is -0.497 e. The Morgan fingerprint density at radius 3 is 2.31 bits per heavy atom. The topological polar surface area (TPSA) is 38.7 Å². The van der Waals surface area contributed by atoms with Crippen LogP contribution in [0.1, 0.15) is 31.9 Å². The van der Waals surface area contributed by atoms with Crippen LogP contribution >= 0.6 is 23.2 Å². The lowest BCUT2D eigenvalue weighted by Crippen LogP contribution is -2.20. The Bertz CT molecular complexity index is 853. The van der Waals surface area contributed by atoms with Crippen molar-refractivity contribution in [3.8, 4) is 5.75 Å². The van der Waals surface area contributed by atoms with Crippen molar-refractivity contribution < 1.29 is 8.95 Å². The van der Waals surface area contributed by atoms with E-state index < -0.39 is 15.7 Å². The first-order valence-corrected chi connectivity index (χ1v) is 9.85. The number of methoxy groups -OCH3 is 1. The number of ether oxygens (including phenoxy) is 1. The second kappa shape index (κ2) is 8.85. The van der Waals surface area contributed by atoms with Crippen LogP contribution in [0.2, 0.25) is 10.0 Å². The molecule has 138 valence electrons. The molecule has 0 bridgehead atoms. The van der Waals surface area contributed by atoms with Crippen LogP contribution in [0.25, 0.3) is 6.08 Å². The number of allylic oxidation sites excluding steroid dienone is 1. The van der Waals surface area contributed by atoms with Crippen molar-refractivity contribution in [1.29, 1.82) is 0 Å². The van der Waals surface area contributed by atoms with Gasteiger partial charge in [-0.25, -0.2) is 4.21 Å². The van der Waals surface area contributed by atoms with E-state index in [0.717, 1.165) is 16.9 Å². The predicted molar refractivity (Wildman–Crippen MR) is 113 cm³/mol. The van der Waals surface area contributed by atoms with E-state index in [9.17, 15) is 4.21 Å². The van der Waals surface area contributed by atoms with Gasteiger partial charge in [0.2, 0.25) is 0 Å². The Morgan fingerprint density at radius 1 is 1.12 bits per heavy atom. The van der Waals surface area contributed by atoms with Gasteiger partial charge >= 0.3 is 0 Å². The van der Waals surface area contributed by atoms with Crippen molar-refractivity contribution >= 4 is 46.0 Å². The molecule has 26 heavy (non-hydrogen) atoms. The lowest BCUT2D eigenvalue weighted by atomic mass is 10.1. The molecule has 3 nitrogen and oxygen atoms in total. The maximum atomic E-state index is 12.5. The van der Waals surface area contributed by atoms with Gasteiger partial charge in [0.25, 0.3) is 0 Å². The molecule has 0 spiro atoms. The van der Waals surface area contributed by atoms with E-state index in [4.69, 9.17) is 27.9 Å². The normalized spacial score (nSPS) is 13.8. The van der Waals surface area contributed by atoms with Crippen LogP contribution in [0.3, 0.4) is 0 Å². The summed E-state index contributed by atoms with van der Waals surface area (Å²) >= 11 is 12.2. The maximum Gasteiger partial charge on any atom is 0.145 e. The van der Waals surface area contributed by atoms with E-state index in [1.807, 2.05) is 57.2 Å². The average Bonchev–Trinajstić information content (AvgIpc) is 2.59. The summed E-state index contributed by atoms with van der Waals surface area (Å²) in [5.74, 6) is 0.745. The number of halogens is 2. The van der Waals surface area contributed by atoms with E-state index in [-0.39, 0.29) is 0 Å². The number of benzene rings is 2. The molecule has 1 atom stereocenters. The van der Waals surface area contributed by atoms with Crippen molar-refractivity contribution in [3.63, 3.8) is 0 Å². The Kier molecular flexibility index (Phi) is 7.04. The molecule has 0 fully saturated rings. The molecule has 0 aliphatic heterocycles. The zero-order valence-electron chi connectivity index (χ0n) is 15.1. The molecule has 0 radical (unpaired) electrons. The average molecular weight is 410 g/mol. The van der Waals surface area contributed by atoms with Gasteiger partial charge in [0.15, 0.2) is 0 Å². The minimum atomic E-state index is -1.39. The van der Waals surface area contributed by atoms with Crippen molar-refractivity contribution in [3.05, 3.63) is 69.7 Å². The summed E-state index contributed by atoms with van der Waals surface area (Å²) in [6.07, 6.45) is 3.64. The summed E-state index contributed by atoms with van der Waals surface area (Å²) in [6, 6.07) is 12.7. The second-order valence-corrected chi connectivity index (χ2v) is 9.31. The minimum absolute atomic E-state index is 0.455. The molecule has 0 saturated heterocycles. The Morgan fingerprint density at radius 2 is 1.77 bits per heavy atom. The summed E-state index contributed by atoms with van der Waals surface area (Å²) in [7, 11) is 0.222. The number of hydrogen-bond acceptors (Lipinski definition) is 2. The molecule has 0 aliphatic carbocycles. The first-order chi connectivity index (χ1) is 12.2. The highest BCUT2D eigenvalue weighted by molar-refractivity contribution is 7.85. The number of nitrogens with zero attached hydrogens (tertiary/aromatic N) is 1. The van der Waals surface area contributed by atoms with E-state index in [1.165, 1.54) is 0 Å². The largest absolute Gasteiger partial charge is 0.497 e. The molecular weight excluding hydrogens is 389 g/mol. The Balaban J connectivity index is 2.44. The first kappa shape index (κ1) is 20.7. The molecule has 0 aromatic heterocycles. The first-order valence-electron chi connectivity index (χ1n) is 7.99. The molecule has 0 aliphatic rings. The van der Waals surface area contributed by atoms with Crippen molar-refractivity contribution in [2.75, 3.05) is 7.11 Å². The molecular formula is C20H21Cl2NO2S. The van der Waals surface area contributed by atoms with Crippen molar-refractivity contribution in [2.24, 2.45) is 4.40 Å². The zero-order chi connectivity index (χ0) is 19.3. The van der Waals surface area contributed by atoms with E-state index >= 15 is 0 Å². The smallest absolute Gasteiger partial charge is 0.145 e. The molecule has 6 heteroatoms. The fraction of sp³-hybridized carbons (Fsp3) is 0.250. The lowest BCUT2D eigenvalue weighted by molar-refractivity contribution is 0.415. The van der Waals surface area contributed by atoms with Crippen molar-refractivity contribution in [2.45, 2.75) is 25.5 Å². The molecule has 0 amide bonds. The summed E-state index contributed by atoms with van der Waals surface area (Å²) in [6.45, 7) is 5.66. The van der Waals surface area contributed by atoms with Crippen LogP contribution in [-0.2, 0) is 11.0 Å². The molecule has 2 aromatic carbocycles. The Labute approximate surface area is 167 Å². The molecule has 2 aromatic rings. The fourth-order valence-electron chi connectivity index (χ4n) is 1.97. The number of rotatable bonds is 5. The van der Waals surface area contributed by atoms with Crippen LogP contribution < -0.4 is 4.74 Å². The number of hydrogen-bond donors (Lipinski definition) is 0. The lowest BCUT2D eigenvalue weighted by Gasteiger charge is -2.14. The molecule has 0 heterocycles. The third kappa shape index (κ3) is 5.70. The quantitative estimate of drug-likeness (QED) is 0.570. The summed E-state index contributed by atoms with van der Waals surface area (Å²) in [4.78, 5) is 0. The van der Waals surface area contributed by atoms with Gasteiger partial charge in [-0.2, -0.15) is 4.40 Å². The van der Waals surface area contributed by atoms with Gasteiger partial charge in [0.1, 0.15) is 16.7 Å². The fourth-order valence-corrected chi connectivity index (χ4v) is 3.06. The predicted octanol–water partition coefficient (Wildman–Crippen LogP) is 5.97. The molecule has 0 unspecified atom stereocenters. The van der Waals surface area contributed by atoms with Gasteiger partial charge in [-0.1, -0.05) is 35.3 Å². The van der Waals surface area contributed by atoms with Gasteiger partial charge < -0.3 is 4.74 Å². The SMILES string of the molecule is COc1ccc(C(/C=C/c2ccc(Cl)cc2Cl)=N\[S@@](=O)C(C)(C)C)cc1. The van der Waals surface area contributed by atoms with Gasteiger partial charge in [-0.15, -0.1) is 0 Å². The van der Waals surface area contributed by atoms with Crippen LogP contribution in [0.5, 0.6) is 5.75 Å². The summed E-state index contributed by atoms with van der Waals surface area (Å²) in [5.41, 5.74) is 2.25. The zero-order valence-corrected chi connectivity index (χ0v) is 17.5. The van der Waals surface area contributed by atoms with Crippen LogP contribution in [0, 0.1) is 0 Å². The molecule has 0 N–H and O–H groups in total. The molecule has 0 saturated carbocycles. The van der Waals surface area contributed by atoms with Gasteiger partial charge in [-0.3, -0.25) is 0 Å². The van der Waals surface area contributed by atoms with Crippen LogP contribution in [-0.4, -0.2) is 21.8 Å². The Hall–Kier alpha value is -1.62. The van der Waals surface area contributed by atoms with E-state index in [2.05, 4.69) is 4.40 Å². The van der Waals surface area contributed by atoms with Crippen LogP contribution in [0.4, 0.5) is 0 Å². The third-order valence-corrected chi connectivity index (χ3v) is 5.45. The van der Waals surface area contributed by atoms with Crippen molar-refractivity contribution in [1.82, 2.24) is 0 Å². The highest BCUT2D eigenvalue weighted by atomic mass is 35.5. The van der Waals surface area contributed by atoms with Gasteiger partial charge in [0, 0.05) is 15.6 Å². The van der Waals surface area contributed by atoms with E-state index in [0.29, 0.717) is 15.8 Å². The highest BCUT2D eigenvalue weighted by Crippen LogP contribution is 2.23. The van der Waals surface area contributed by atoms with Crippen LogP contribution in [0.15, 0.2) is 52.9 Å². The maximum absolute atomic E-state index is 12.5. The van der Waals surface area contributed by atoms with Gasteiger partial charge in [0.05, 0.1) is 17.6 Å². The summed E-state index contributed by atoms with van der Waals surface area (Å²) in [5, 5.41) is 1.12. The second-order valence-electron chi connectivity index (χ2n) is 6.57. The highest BCUT2D eigenvalue weighted by Gasteiger charge is 2.19. The summed E-state index contributed by atoms with van der Waals surface area (Å²) < 4.78 is 21.7. The van der Waals surface area contributed by atoms with E-state index in [1.54, 1.807) is 25.3 Å². The standard InChI is InChI=1S/C20H21Cl2NO2S/c1-20(2,3)26(24)23-19(15-6-10-17(25-4)11-7-15)12-8-14-5-9-16(21)13-18(14)22/h5-13H,1-4H3/b12-8+,23-19-/t26-/m0/s1. The molecule has 2 rings (SSSR count).